The van der Waals surface area contributed by atoms with Gasteiger partial charge in [0.1, 0.15) is 0 Å². The predicted octanol–water partition coefficient (Wildman–Crippen LogP) is 4.19. The van der Waals surface area contributed by atoms with Crippen molar-refractivity contribution in [3.8, 4) is 10.6 Å². The van der Waals surface area contributed by atoms with Gasteiger partial charge in [-0.25, -0.2) is 4.98 Å². The van der Waals surface area contributed by atoms with Crippen molar-refractivity contribution in [2.75, 3.05) is 7.05 Å². The molecule has 0 unspecified atom stereocenters. The van der Waals surface area contributed by atoms with Crippen LogP contribution in [0.15, 0.2) is 47.8 Å². The number of para-hydroxylation sites is 1. The first-order chi connectivity index (χ1) is 14.4. The van der Waals surface area contributed by atoms with Gasteiger partial charge in [-0.2, -0.15) is 5.10 Å². The van der Waals surface area contributed by atoms with Gasteiger partial charge in [0.25, 0.3) is 11.6 Å². The Morgan fingerprint density at radius 1 is 1.27 bits per heavy atom. The number of rotatable bonds is 5. The van der Waals surface area contributed by atoms with E-state index >= 15 is 0 Å². The highest BCUT2D eigenvalue weighted by Crippen LogP contribution is 2.30. The molecule has 152 valence electrons. The van der Waals surface area contributed by atoms with Crippen LogP contribution < -0.4 is 0 Å². The van der Waals surface area contributed by atoms with E-state index in [1.54, 1.807) is 54.4 Å². The van der Waals surface area contributed by atoms with E-state index in [2.05, 4.69) is 5.10 Å². The van der Waals surface area contributed by atoms with Crippen LogP contribution in [0, 0.1) is 17.0 Å². The largest absolute Gasteiger partial charge is 0.337 e. The molecule has 1 amide bonds. The fourth-order valence-corrected chi connectivity index (χ4v) is 4.21. The van der Waals surface area contributed by atoms with E-state index in [-0.39, 0.29) is 18.1 Å². The molecule has 0 aliphatic carbocycles. The SMILES string of the molecule is Cc1nn(C)c2nc(-c3cccs3)cc(C(=O)N(C)Cc3ccccc3[N+](=O)[O-])c12. The average molecular weight is 421 g/mol. The molecule has 1 aromatic carbocycles. The number of nitrogens with zero attached hydrogens (tertiary/aromatic N) is 5. The summed E-state index contributed by atoms with van der Waals surface area (Å²) in [6.45, 7) is 1.96. The van der Waals surface area contributed by atoms with E-state index in [9.17, 15) is 14.9 Å². The third-order valence-electron chi connectivity index (χ3n) is 4.92. The Labute approximate surface area is 176 Å². The first-order valence-electron chi connectivity index (χ1n) is 9.22. The summed E-state index contributed by atoms with van der Waals surface area (Å²) in [5.74, 6) is -0.241. The van der Waals surface area contributed by atoms with Crippen molar-refractivity contribution in [2.24, 2.45) is 7.05 Å². The van der Waals surface area contributed by atoms with Gasteiger partial charge in [-0.05, 0) is 24.4 Å². The lowest BCUT2D eigenvalue weighted by atomic mass is 10.1. The second kappa shape index (κ2) is 7.68. The minimum Gasteiger partial charge on any atom is -0.337 e. The summed E-state index contributed by atoms with van der Waals surface area (Å²) in [5, 5.41) is 18.4. The Morgan fingerprint density at radius 3 is 2.73 bits per heavy atom. The third kappa shape index (κ3) is 3.43. The van der Waals surface area contributed by atoms with E-state index in [1.165, 1.54) is 11.0 Å². The summed E-state index contributed by atoms with van der Waals surface area (Å²) in [6.07, 6.45) is 0. The molecule has 4 rings (SSSR count). The van der Waals surface area contributed by atoms with Gasteiger partial charge in [0.15, 0.2) is 5.65 Å². The quantitative estimate of drug-likeness (QED) is 0.356. The third-order valence-corrected chi connectivity index (χ3v) is 5.81. The van der Waals surface area contributed by atoms with E-state index in [0.29, 0.717) is 33.5 Å². The fourth-order valence-electron chi connectivity index (χ4n) is 3.52. The highest BCUT2D eigenvalue weighted by molar-refractivity contribution is 7.13. The maximum absolute atomic E-state index is 13.4. The average Bonchev–Trinajstić information content (AvgIpc) is 3.36. The number of amides is 1. The molecular weight excluding hydrogens is 402 g/mol. The van der Waals surface area contributed by atoms with Crippen LogP contribution in [0.2, 0.25) is 0 Å². The number of pyridine rings is 1. The normalized spacial score (nSPS) is 11.0. The Balaban J connectivity index is 1.78. The molecule has 3 heterocycles. The first-order valence-corrected chi connectivity index (χ1v) is 10.1. The minimum absolute atomic E-state index is 0.00569. The highest BCUT2D eigenvalue weighted by atomic mass is 32.1. The van der Waals surface area contributed by atoms with Gasteiger partial charge in [0.05, 0.1) is 38.7 Å². The number of nitro groups is 1. The molecule has 30 heavy (non-hydrogen) atoms. The lowest BCUT2D eigenvalue weighted by Gasteiger charge is -2.18. The maximum atomic E-state index is 13.4. The molecule has 0 saturated heterocycles. The number of fused-ring (bicyclic) bond motifs is 1. The summed E-state index contributed by atoms with van der Waals surface area (Å²) >= 11 is 1.54. The molecule has 0 aliphatic heterocycles. The van der Waals surface area contributed by atoms with Crippen LogP contribution in [-0.2, 0) is 13.6 Å². The topological polar surface area (TPSA) is 94.2 Å². The van der Waals surface area contributed by atoms with Crippen LogP contribution in [0.1, 0.15) is 21.6 Å². The molecule has 0 bridgehead atoms. The standard InChI is InChI=1S/C21H19N5O3S/c1-13-19-15(11-16(18-9-6-10-30-18)22-20(19)25(3)23-13)21(27)24(2)12-14-7-4-5-8-17(14)26(28)29/h4-11H,12H2,1-3H3. The summed E-state index contributed by atoms with van der Waals surface area (Å²) in [7, 11) is 3.44. The maximum Gasteiger partial charge on any atom is 0.274 e. The van der Waals surface area contributed by atoms with Crippen molar-refractivity contribution in [3.63, 3.8) is 0 Å². The number of carbonyl (C=O) groups excluding carboxylic acids is 1. The van der Waals surface area contributed by atoms with Gasteiger partial charge in [0, 0.05) is 25.7 Å². The van der Waals surface area contributed by atoms with Gasteiger partial charge in [-0.3, -0.25) is 19.6 Å². The van der Waals surface area contributed by atoms with Crippen molar-refractivity contribution in [2.45, 2.75) is 13.5 Å². The number of aromatic nitrogens is 3. The number of nitro benzene ring substituents is 1. The fraction of sp³-hybridized carbons (Fsp3) is 0.190. The van der Waals surface area contributed by atoms with Gasteiger partial charge in [-0.15, -0.1) is 11.3 Å². The van der Waals surface area contributed by atoms with E-state index in [0.717, 1.165) is 4.88 Å². The van der Waals surface area contributed by atoms with Gasteiger partial charge >= 0.3 is 0 Å². The highest BCUT2D eigenvalue weighted by Gasteiger charge is 2.23. The Kier molecular flexibility index (Phi) is 5.04. The Bertz CT molecular complexity index is 1260. The van der Waals surface area contributed by atoms with E-state index in [4.69, 9.17) is 4.98 Å². The summed E-state index contributed by atoms with van der Waals surface area (Å²) < 4.78 is 1.67. The first kappa shape index (κ1) is 19.7. The molecule has 8 nitrogen and oxygen atoms in total. The molecule has 0 atom stereocenters. The number of hydrogen-bond acceptors (Lipinski definition) is 6. The molecular formula is C21H19N5O3S. The molecule has 0 radical (unpaired) electrons. The van der Waals surface area contributed by atoms with Crippen LogP contribution in [0.3, 0.4) is 0 Å². The lowest BCUT2D eigenvalue weighted by Crippen LogP contribution is -2.27. The monoisotopic (exact) mass is 421 g/mol. The van der Waals surface area contributed by atoms with Gasteiger partial charge in [0.2, 0.25) is 0 Å². The minimum atomic E-state index is -0.432. The lowest BCUT2D eigenvalue weighted by molar-refractivity contribution is -0.385. The molecule has 0 N–H and O–H groups in total. The van der Waals surface area contributed by atoms with Crippen LogP contribution in [-0.4, -0.2) is 37.5 Å². The second-order valence-corrected chi connectivity index (χ2v) is 7.93. The Morgan fingerprint density at radius 2 is 2.03 bits per heavy atom. The molecule has 3 aromatic heterocycles. The van der Waals surface area contributed by atoms with Crippen LogP contribution in [0.4, 0.5) is 5.69 Å². The number of hydrogen-bond donors (Lipinski definition) is 0. The molecule has 4 aromatic rings. The van der Waals surface area contributed by atoms with E-state index in [1.807, 2.05) is 24.4 Å². The van der Waals surface area contributed by atoms with Crippen LogP contribution >= 0.6 is 11.3 Å². The molecule has 0 aliphatic rings. The second-order valence-electron chi connectivity index (χ2n) is 6.99. The zero-order valence-electron chi connectivity index (χ0n) is 16.7. The van der Waals surface area contributed by atoms with Gasteiger partial charge < -0.3 is 4.90 Å². The zero-order chi connectivity index (χ0) is 21.4. The van der Waals surface area contributed by atoms with Crippen LogP contribution in [0.5, 0.6) is 0 Å². The molecule has 0 fully saturated rings. The molecule has 0 spiro atoms. The molecule has 9 heteroatoms. The number of aryl methyl sites for hydroxylation is 2. The Hall–Kier alpha value is -3.59. The zero-order valence-corrected chi connectivity index (χ0v) is 17.5. The van der Waals surface area contributed by atoms with Crippen molar-refractivity contribution in [1.82, 2.24) is 19.7 Å². The number of carbonyl (C=O) groups is 1. The van der Waals surface area contributed by atoms with Crippen molar-refractivity contribution in [3.05, 3.63) is 74.8 Å². The smallest absolute Gasteiger partial charge is 0.274 e. The molecule has 0 saturated carbocycles. The summed E-state index contributed by atoms with van der Waals surface area (Å²) in [5.41, 5.74) is 2.98. The van der Waals surface area contributed by atoms with Gasteiger partial charge in [-0.1, -0.05) is 24.3 Å². The van der Waals surface area contributed by atoms with Crippen molar-refractivity contribution < 1.29 is 9.72 Å². The summed E-state index contributed by atoms with van der Waals surface area (Å²) in [4.78, 5) is 31.5. The number of thiophene rings is 1. The van der Waals surface area contributed by atoms with Crippen molar-refractivity contribution in [1.29, 1.82) is 0 Å². The van der Waals surface area contributed by atoms with Crippen molar-refractivity contribution >= 4 is 34.0 Å². The van der Waals surface area contributed by atoms with E-state index < -0.39 is 4.92 Å². The summed E-state index contributed by atoms with van der Waals surface area (Å²) in [6, 6.07) is 12.1. The van der Waals surface area contributed by atoms with Crippen LogP contribution in [0.25, 0.3) is 21.6 Å². The predicted molar refractivity (Wildman–Crippen MR) is 115 cm³/mol. The number of benzene rings is 1.